The molecule has 216 valence electrons. The minimum atomic E-state index is -0.487. The summed E-state index contributed by atoms with van der Waals surface area (Å²) in [6.07, 6.45) is 6.68. The van der Waals surface area contributed by atoms with Gasteiger partial charge >= 0.3 is 6.09 Å². The van der Waals surface area contributed by atoms with Gasteiger partial charge in [-0.1, -0.05) is 89.8 Å². The molecule has 1 amide bonds. The summed E-state index contributed by atoms with van der Waals surface area (Å²) in [5, 5.41) is 2.36. The van der Waals surface area contributed by atoms with E-state index in [-0.39, 0.29) is 17.5 Å². The summed E-state index contributed by atoms with van der Waals surface area (Å²) in [4.78, 5) is 20.3. The summed E-state index contributed by atoms with van der Waals surface area (Å²) in [5.74, 6) is -0.549. The van der Waals surface area contributed by atoms with E-state index >= 15 is 0 Å². The first-order chi connectivity index (χ1) is 18.1. The number of rotatable bonds is 5. The highest BCUT2D eigenvalue weighted by molar-refractivity contribution is 5.67. The Labute approximate surface area is 229 Å². The van der Waals surface area contributed by atoms with Crippen LogP contribution in [0.3, 0.4) is 0 Å². The Hall–Kier alpha value is -2.96. The average molecular weight is 538 g/mol. The molecule has 5 nitrogen and oxygen atoms in total. The van der Waals surface area contributed by atoms with Gasteiger partial charge in [-0.25, -0.2) is 13.6 Å². The van der Waals surface area contributed by atoms with Crippen LogP contribution in [0.2, 0.25) is 0 Å². The van der Waals surface area contributed by atoms with Crippen LogP contribution in [0.5, 0.6) is 0 Å². The van der Waals surface area contributed by atoms with Crippen molar-refractivity contribution in [3.8, 4) is 0 Å². The van der Waals surface area contributed by atoms with Gasteiger partial charge in [0.2, 0.25) is 0 Å². The quantitative estimate of drug-likeness (QED) is 0.387. The zero-order valence-corrected chi connectivity index (χ0v) is 24.6. The summed E-state index contributed by atoms with van der Waals surface area (Å²) in [5.41, 5.74) is 1.31. The van der Waals surface area contributed by atoms with Crippen molar-refractivity contribution in [2.75, 3.05) is 7.05 Å². The van der Waals surface area contributed by atoms with Gasteiger partial charge in [0.15, 0.2) is 0 Å². The van der Waals surface area contributed by atoms with Crippen LogP contribution in [0.4, 0.5) is 13.6 Å². The van der Waals surface area contributed by atoms with Crippen molar-refractivity contribution in [3.05, 3.63) is 71.3 Å². The maximum absolute atomic E-state index is 13.3. The Morgan fingerprint density at radius 1 is 1.00 bits per heavy atom. The molecule has 2 aromatic carbocycles. The lowest BCUT2D eigenvalue weighted by molar-refractivity contribution is -0.129. The van der Waals surface area contributed by atoms with E-state index in [1.165, 1.54) is 38.8 Å². The highest BCUT2D eigenvalue weighted by Gasteiger charge is 2.20. The van der Waals surface area contributed by atoms with E-state index < -0.39 is 5.82 Å². The molecule has 0 unspecified atom stereocenters. The van der Waals surface area contributed by atoms with Gasteiger partial charge in [0.25, 0.3) is 6.47 Å². The lowest BCUT2D eigenvalue weighted by atomic mass is 9.97. The average Bonchev–Trinajstić information content (AvgIpc) is 3.44. The number of nitrogens with one attached hydrogen (secondary N) is 1. The Morgan fingerprint density at radius 2 is 1.55 bits per heavy atom. The summed E-state index contributed by atoms with van der Waals surface area (Å²) < 4.78 is 35.2. The van der Waals surface area contributed by atoms with Gasteiger partial charge in [-0.3, -0.25) is 4.79 Å². The van der Waals surface area contributed by atoms with Gasteiger partial charge in [0.1, 0.15) is 23.8 Å². The molecule has 0 heterocycles. The molecule has 0 radical (unpaired) electrons. The lowest BCUT2D eigenvalue weighted by Gasteiger charge is -2.18. The zero-order chi connectivity index (χ0) is 29.4. The standard InChI is InChI=1S/C11H12F2.C8H8O2.C6H13NO2.C4H10.C2H6/c12-9-5-6-10(11(13)7-9)8-3-1-2-4-8;9-7-10-6-8-4-2-1-3-5-8;1-6(2,3)9-5(8)7-4;1-3-4-2;1-2/h5-8H,1-4H2;1-5,7H,6H2;1-4H3,(H,7,8);3-4H2,1-2H3;1-2H3. The van der Waals surface area contributed by atoms with Gasteiger partial charge in [-0.2, -0.15) is 0 Å². The monoisotopic (exact) mass is 537 g/mol. The predicted molar refractivity (Wildman–Crippen MR) is 152 cm³/mol. The zero-order valence-electron chi connectivity index (χ0n) is 24.6. The van der Waals surface area contributed by atoms with Crippen LogP contribution < -0.4 is 5.32 Å². The summed E-state index contributed by atoms with van der Waals surface area (Å²) in [7, 11) is 1.54. The molecule has 0 saturated heterocycles. The van der Waals surface area contributed by atoms with Crippen LogP contribution in [-0.2, 0) is 20.9 Å². The highest BCUT2D eigenvalue weighted by Crippen LogP contribution is 2.35. The number of unbranched alkanes of at least 4 members (excludes halogenated alkanes) is 1. The van der Waals surface area contributed by atoms with Gasteiger partial charge < -0.3 is 14.8 Å². The minimum absolute atomic E-state index is 0.320. The van der Waals surface area contributed by atoms with E-state index in [1.54, 1.807) is 6.07 Å². The molecule has 1 fully saturated rings. The molecular weight excluding hydrogens is 488 g/mol. The normalized spacial score (nSPS) is 11.9. The number of amides is 1. The van der Waals surface area contributed by atoms with E-state index in [4.69, 9.17) is 4.74 Å². The molecule has 1 aliphatic rings. The number of carbonyl (C=O) groups excluding carboxylic acids is 2. The van der Waals surface area contributed by atoms with E-state index in [9.17, 15) is 18.4 Å². The second kappa shape index (κ2) is 23.2. The molecule has 3 rings (SSSR count). The summed E-state index contributed by atoms with van der Waals surface area (Å²) in [6, 6.07) is 13.5. The topological polar surface area (TPSA) is 64.6 Å². The number of carbonyl (C=O) groups is 2. The van der Waals surface area contributed by atoms with Crippen molar-refractivity contribution >= 4 is 12.6 Å². The third-order valence-corrected chi connectivity index (χ3v) is 5.02. The van der Waals surface area contributed by atoms with Crippen LogP contribution in [-0.4, -0.2) is 25.2 Å². The molecule has 2 aromatic rings. The molecule has 38 heavy (non-hydrogen) atoms. The first-order valence-corrected chi connectivity index (χ1v) is 13.5. The predicted octanol–water partition coefficient (Wildman–Crippen LogP) is 8.96. The molecule has 1 N–H and O–H groups in total. The van der Waals surface area contributed by atoms with Gasteiger partial charge in [0, 0.05) is 13.1 Å². The van der Waals surface area contributed by atoms with Crippen molar-refractivity contribution in [2.24, 2.45) is 0 Å². The second-order valence-corrected chi connectivity index (χ2v) is 9.29. The number of halogens is 2. The SMILES string of the molecule is CC.CCCC.CNC(=O)OC(C)(C)C.Fc1ccc(C2CCCC2)c(F)c1.O=COCc1ccccc1. The molecule has 0 aliphatic heterocycles. The lowest BCUT2D eigenvalue weighted by Crippen LogP contribution is -2.30. The fourth-order valence-corrected chi connectivity index (χ4v) is 3.10. The van der Waals surface area contributed by atoms with Crippen molar-refractivity contribution < 1.29 is 27.8 Å². The van der Waals surface area contributed by atoms with Crippen LogP contribution in [0.1, 0.15) is 104 Å². The first kappa shape index (κ1) is 37.2. The van der Waals surface area contributed by atoms with Crippen molar-refractivity contribution in [2.45, 2.75) is 105 Å². The maximum Gasteiger partial charge on any atom is 0.407 e. The van der Waals surface area contributed by atoms with Gasteiger partial charge in [-0.05, 0) is 56.7 Å². The molecule has 0 aromatic heterocycles. The van der Waals surface area contributed by atoms with E-state index in [0.717, 1.165) is 24.5 Å². The highest BCUT2D eigenvalue weighted by atomic mass is 19.1. The number of hydrogen-bond donors (Lipinski definition) is 1. The van der Waals surface area contributed by atoms with E-state index in [1.807, 2.05) is 65.0 Å². The Balaban J connectivity index is 0. The van der Waals surface area contributed by atoms with Crippen molar-refractivity contribution in [3.63, 3.8) is 0 Å². The second-order valence-electron chi connectivity index (χ2n) is 9.29. The minimum Gasteiger partial charge on any atom is -0.463 e. The fraction of sp³-hybridized carbons (Fsp3) is 0.548. The molecule has 1 aliphatic carbocycles. The van der Waals surface area contributed by atoms with Crippen LogP contribution in [0, 0.1) is 11.6 Å². The van der Waals surface area contributed by atoms with Crippen LogP contribution in [0.15, 0.2) is 48.5 Å². The summed E-state index contributed by atoms with van der Waals surface area (Å²) >= 11 is 0. The van der Waals surface area contributed by atoms with Crippen LogP contribution in [0.25, 0.3) is 0 Å². The van der Waals surface area contributed by atoms with E-state index in [2.05, 4.69) is 23.9 Å². The van der Waals surface area contributed by atoms with Crippen molar-refractivity contribution in [1.29, 1.82) is 0 Å². The largest absolute Gasteiger partial charge is 0.463 e. The molecule has 0 bridgehead atoms. The number of hydrogen-bond acceptors (Lipinski definition) is 4. The fourth-order valence-electron chi connectivity index (χ4n) is 3.10. The molecule has 7 heteroatoms. The molecular formula is C31H49F2NO4. The number of alkyl carbamates (subject to hydrolysis) is 1. The van der Waals surface area contributed by atoms with Gasteiger partial charge in [0.05, 0.1) is 0 Å². The molecule has 0 atom stereocenters. The third kappa shape index (κ3) is 20.1. The summed E-state index contributed by atoms with van der Waals surface area (Å²) in [6.45, 7) is 14.6. The third-order valence-electron chi connectivity index (χ3n) is 5.02. The molecule has 1 saturated carbocycles. The Kier molecular flexibility index (Phi) is 22.7. The number of benzene rings is 2. The van der Waals surface area contributed by atoms with E-state index in [0.29, 0.717) is 24.6 Å². The van der Waals surface area contributed by atoms with Crippen molar-refractivity contribution in [1.82, 2.24) is 5.32 Å². The Bertz CT molecular complexity index is 847. The smallest absolute Gasteiger partial charge is 0.407 e. The van der Waals surface area contributed by atoms with Crippen LogP contribution >= 0.6 is 0 Å². The molecule has 0 spiro atoms. The first-order valence-electron chi connectivity index (χ1n) is 13.5. The number of ether oxygens (including phenoxy) is 2. The maximum atomic E-state index is 13.3. The Morgan fingerprint density at radius 3 is 1.95 bits per heavy atom. The van der Waals surface area contributed by atoms with Gasteiger partial charge in [-0.15, -0.1) is 0 Å².